The minimum absolute atomic E-state index is 0.150. The Morgan fingerprint density at radius 3 is 2.92 bits per heavy atom. The van der Waals surface area contributed by atoms with Crippen LogP contribution in [-0.2, 0) is 9.47 Å². The zero-order chi connectivity index (χ0) is 10.1. The summed E-state index contributed by atoms with van der Waals surface area (Å²) in [5, 5.41) is 11.2. The van der Waals surface area contributed by atoms with Crippen molar-refractivity contribution in [1.82, 2.24) is 5.32 Å². The van der Waals surface area contributed by atoms with Gasteiger partial charge in [0.25, 0.3) is 0 Å². The molecule has 0 fully saturated rings. The van der Waals surface area contributed by atoms with Crippen LogP contribution in [-0.4, -0.2) is 44.2 Å². The number of amides is 1. The molecule has 0 aromatic heterocycles. The van der Waals surface area contributed by atoms with Crippen LogP contribution in [0.5, 0.6) is 0 Å². The van der Waals surface area contributed by atoms with Gasteiger partial charge in [0.1, 0.15) is 6.61 Å². The molecule has 0 aliphatic carbocycles. The molecule has 0 saturated carbocycles. The highest BCUT2D eigenvalue weighted by Crippen LogP contribution is 1.86. The van der Waals surface area contributed by atoms with E-state index in [0.717, 1.165) is 0 Å². The summed E-state index contributed by atoms with van der Waals surface area (Å²) in [6, 6.07) is -0.428. The zero-order valence-electron chi connectivity index (χ0n) is 7.66. The van der Waals surface area contributed by atoms with Crippen LogP contribution in [0.4, 0.5) is 4.79 Å². The Bertz CT molecular complexity index is 160. The van der Waals surface area contributed by atoms with Gasteiger partial charge in [0.15, 0.2) is 0 Å². The van der Waals surface area contributed by atoms with E-state index >= 15 is 0 Å². The SMILES string of the molecule is C=CCOC(=O)NC(CO)COC. The van der Waals surface area contributed by atoms with Crippen molar-refractivity contribution in [3.63, 3.8) is 0 Å². The largest absolute Gasteiger partial charge is 0.445 e. The van der Waals surface area contributed by atoms with Crippen molar-refractivity contribution in [2.24, 2.45) is 0 Å². The van der Waals surface area contributed by atoms with Gasteiger partial charge in [-0.2, -0.15) is 0 Å². The van der Waals surface area contributed by atoms with E-state index in [1.165, 1.54) is 13.2 Å². The number of aliphatic hydroxyl groups is 1. The predicted octanol–water partition coefficient (Wildman–Crippen LogP) is -0.0941. The van der Waals surface area contributed by atoms with Crippen LogP contribution in [0.25, 0.3) is 0 Å². The third-order valence-electron chi connectivity index (χ3n) is 1.24. The normalized spacial score (nSPS) is 11.8. The van der Waals surface area contributed by atoms with E-state index in [2.05, 4.69) is 16.6 Å². The molecule has 0 heterocycles. The molecule has 0 aromatic carbocycles. The highest BCUT2D eigenvalue weighted by Gasteiger charge is 2.10. The second kappa shape index (κ2) is 7.57. The van der Waals surface area contributed by atoms with Gasteiger partial charge in [-0.15, -0.1) is 0 Å². The first kappa shape index (κ1) is 11.9. The van der Waals surface area contributed by atoms with Gasteiger partial charge in [-0.3, -0.25) is 0 Å². The van der Waals surface area contributed by atoms with Crippen LogP contribution in [0.15, 0.2) is 12.7 Å². The van der Waals surface area contributed by atoms with E-state index in [1.54, 1.807) is 0 Å². The van der Waals surface area contributed by atoms with Crippen LogP contribution in [0, 0.1) is 0 Å². The van der Waals surface area contributed by atoms with E-state index in [4.69, 9.17) is 9.84 Å². The lowest BCUT2D eigenvalue weighted by atomic mass is 10.3. The molecule has 5 heteroatoms. The molecule has 5 nitrogen and oxygen atoms in total. The van der Waals surface area contributed by atoms with Gasteiger partial charge in [-0.1, -0.05) is 12.7 Å². The van der Waals surface area contributed by atoms with Crippen molar-refractivity contribution in [2.75, 3.05) is 26.9 Å². The van der Waals surface area contributed by atoms with Crippen molar-refractivity contribution in [1.29, 1.82) is 0 Å². The molecule has 1 unspecified atom stereocenters. The van der Waals surface area contributed by atoms with Gasteiger partial charge in [0, 0.05) is 7.11 Å². The Kier molecular flexibility index (Phi) is 6.95. The lowest BCUT2D eigenvalue weighted by Gasteiger charge is -2.14. The number of carbonyl (C=O) groups excluding carboxylic acids is 1. The van der Waals surface area contributed by atoms with Crippen molar-refractivity contribution in [3.8, 4) is 0 Å². The number of methoxy groups -OCH3 is 1. The smallest absolute Gasteiger partial charge is 0.407 e. The fourth-order valence-electron chi connectivity index (χ4n) is 0.684. The standard InChI is InChI=1S/C8H15NO4/c1-3-4-13-8(11)9-7(5-10)6-12-2/h3,7,10H,1,4-6H2,2H3,(H,9,11). The fraction of sp³-hybridized carbons (Fsp3) is 0.625. The minimum Gasteiger partial charge on any atom is -0.445 e. The number of aliphatic hydroxyl groups excluding tert-OH is 1. The van der Waals surface area contributed by atoms with E-state index in [9.17, 15) is 4.79 Å². The number of ether oxygens (including phenoxy) is 2. The molecular weight excluding hydrogens is 174 g/mol. The van der Waals surface area contributed by atoms with Crippen molar-refractivity contribution in [3.05, 3.63) is 12.7 Å². The number of hydrogen-bond donors (Lipinski definition) is 2. The zero-order valence-corrected chi connectivity index (χ0v) is 7.66. The molecule has 0 radical (unpaired) electrons. The lowest BCUT2D eigenvalue weighted by Crippen LogP contribution is -2.40. The summed E-state index contributed by atoms with van der Waals surface area (Å²) < 4.78 is 9.38. The van der Waals surface area contributed by atoms with Crippen LogP contribution in [0.1, 0.15) is 0 Å². The average molecular weight is 189 g/mol. The summed E-state index contributed by atoms with van der Waals surface area (Å²) in [6.07, 6.45) is 0.875. The minimum atomic E-state index is -0.587. The molecular formula is C8H15NO4. The fourth-order valence-corrected chi connectivity index (χ4v) is 0.684. The monoisotopic (exact) mass is 189 g/mol. The predicted molar refractivity (Wildman–Crippen MR) is 47.4 cm³/mol. The lowest BCUT2D eigenvalue weighted by molar-refractivity contribution is 0.111. The van der Waals surface area contributed by atoms with Crippen molar-refractivity contribution < 1.29 is 19.4 Å². The highest BCUT2D eigenvalue weighted by atomic mass is 16.5. The summed E-state index contributed by atoms with van der Waals surface area (Å²) >= 11 is 0. The molecule has 2 N–H and O–H groups in total. The maximum atomic E-state index is 10.9. The molecule has 0 bridgehead atoms. The molecule has 1 amide bonds. The quantitative estimate of drug-likeness (QED) is 0.573. The molecule has 0 aromatic rings. The van der Waals surface area contributed by atoms with Gasteiger partial charge >= 0.3 is 6.09 Å². The van der Waals surface area contributed by atoms with Gasteiger partial charge in [0.2, 0.25) is 0 Å². The van der Waals surface area contributed by atoms with Crippen LogP contribution in [0.2, 0.25) is 0 Å². The van der Waals surface area contributed by atoms with Gasteiger partial charge in [0.05, 0.1) is 19.3 Å². The van der Waals surface area contributed by atoms with Gasteiger partial charge < -0.3 is 19.9 Å². The van der Waals surface area contributed by atoms with E-state index < -0.39 is 12.1 Å². The molecule has 0 rings (SSSR count). The Balaban J connectivity index is 3.65. The number of carbonyl (C=O) groups is 1. The van der Waals surface area contributed by atoms with Gasteiger partial charge in [-0.25, -0.2) is 4.79 Å². The second-order valence-electron chi connectivity index (χ2n) is 2.37. The Labute approximate surface area is 77.3 Å². The topological polar surface area (TPSA) is 67.8 Å². The Morgan fingerprint density at radius 1 is 1.77 bits per heavy atom. The first-order valence-electron chi connectivity index (χ1n) is 3.88. The third-order valence-corrected chi connectivity index (χ3v) is 1.24. The van der Waals surface area contributed by atoms with Crippen LogP contribution in [0.3, 0.4) is 0 Å². The molecule has 0 aliphatic heterocycles. The molecule has 76 valence electrons. The third kappa shape index (κ3) is 6.12. The van der Waals surface area contributed by atoms with Crippen LogP contribution < -0.4 is 5.32 Å². The average Bonchev–Trinajstić information content (AvgIpc) is 2.14. The van der Waals surface area contributed by atoms with E-state index in [-0.39, 0.29) is 19.8 Å². The molecule has 13 heavy (non-hydrogen) atoms. The number of hydrogen-bond acceptors (Lipinski definition) is 4. The number of rotatable bonds is 6. The summed E-state index contributed by atoms with van der Waals surface area (Å²) in [7, 11) is 1.49. The summed E-state index contributed by atoms with van der Waals surface area (Å²) in [5.41, 5.74) is 0. The molecule has 0 saturated heterocycles. The van der Waals surface area contributed by atoms with Crippen molar-refractivity contribution in [2.45, 2.75) is 6.04 Å². The molecule has 1 atom stereocenters. The van der Waals surface area contributed by atoms with Gasteiger partial charge in [-0.05, 0) is 0 Å². The maximum absolute atomic E-state index is 10.9. The molecule has 0 aliphatic rings. The van der Waals surface area contributed by atoms with Crippen molar-refractivity contribution >= 4 is 6.09 Å². The highest BCUT2D eigenvalue weighted by molar-refractivity contribution is 5.67. The van der Waals surface area contributed by atoms with E-state index in [1.807, 2.05) is 0 Å². The first-order valence-corrected chi connectivity index (χ1v) is 3.88. The summed E-state index contributed by atoms with van der Waals surface area (Å²) in [6.45, 7) is 3.61. The Morgan fingerprint density at radius 2 is 2.46 bits per heavy atom. The molecule has 0 spiro atoms. The number of nitrogens with one attached hydrogen (secondary N) is 1. The van der Waals surface area contributed by atoms with E-state index in [0.29, 0.717) is 0 Å². The maximum Gasteiger partial charge on any atom is 0.407 e. The summed E-state index contributed by atoms with van der Waals surface area (Å²) in [4.78, 5) is 10.9. The Hall–Kier alpha value is -1.07. The number of alkyl carbamates (subject to hydrolysis) is 1. The summed E-state index contributed by atoms with van der Waals surface area (Å²) in [5.74, 6) is 0. The first-order chi connectivity index (χ1) is 6.24. The second-order valence-corrected chi connectivity index (χ2v) is 2.37. The van der Waals surface area contributed by atoms with Crippen LogP contribution >= 0.6 is 0 Å².